The van der Waals surface area contributed by atoms with Crippen LogP contribution in [0, 0.1) is 0 Å². The van der Waals surface area contributed by atoms with Gasteiger partial charge in [-0.1, -0.05) is 0 Å². The molecule has 0 amide bonds. The Morgan fingerprint density at radius 2 is 1.86 bits per heavy atom. The summed E-state index contributed by atoms with van der Waals surface area (Å²) in [6, 6.07) is 8.99. The number of aliphatic imine (C=N–C) groups is 1. The zero-order valence-electron chi connectivity index (χ0n) is 10.5. The molecule has 0 aliphatic rings. The molecule has 0 spiro atoms. The van der Waals surface area contributed by atoms with Crippen molar-refractivity contribution >= 4 is 34.8 Å². The third kappa shape index (κ3) is 3.38. The number of nitrogens with zero attached hydrogens (tertiary/aromatic N) is 5. The van der Waals surface area contributed by atoms with Crippen LogP contribution < -0.4 is 0 Å². The molecule has 0 unspecified atom stereocenters. The zero-order valence-corrected chi connectivity index (χ0v) is 12.1. The smallest absolute Gasteiger partial charge is 0.284 e. The van der Waals surface area contributed by atoms with Crippen molar-refractivity contribution in [3.05, 3.63) is 42.7 Å². The summed E-state index contributed by atoms with van der Waals surface area (Å²) in [6.07, 6.45) is 3.31. The number of rotatable bonds is 4. The summed E-state index contributed by atoms with van der Waals surface area (Å²) < 4.78 is 5.57. The maximum atomic E-state index is 5.57. The van der Waals surface area contributed by atoms with Gasteiger partial charge in [-0.05, 0) is 42.5 Å². The molecular weight excluding hydrogens is 306 g/mol. The maximum absolute atomic E-state index is 5.57. The molecule has 0 saturated carbocycles. The Balaban J connectivity index is 1.79. The van der Waals surface area contributed by atoms with Crippen molar-refractivity contribution in [2.45, 2.75) is 10.4 Å². The normalized spacial score (nSPS) is 10.1. The van der Waals surface area contributed by atoms with Gasteiger partial charge in [0.15, 0.2) is 5.16 Å². The third-order valence-electron chi connectivity index (χ3n) is 2.42. The van der Waals surface area contributed by atoms with Gasteiger partial charge in [0.2, 0.25) is 5.89 Å². The summed E-state index contributed by atoms with van der Waals surface area (Å²) in [5, 5.41) is 11.2. The van der Waals surface area contributed by atoms with Gasteiger partial charge in [-0.15, -0.1) is 10.2 Å². The van der Waals surface area contributed by atoms with Crippen molar-refractivity contribution in [2.75, 3.05) is 0 Å². The first-order valence-corrected chi connectivity index (χ1v) is 7.04. The molecule has 102 valence electrons. The highest BCUT2D eigenvalue weighted by Crippen LogP contribution is 2.27. The van der Waals surface area contributed by atoms with Crippen LogP contribution >= 0.6 is 24.0 Å². The number of hydrogen-bond donors (Lipinski definition) is 0. The predicted molar refractivity (Wildman–Crippen MR) is 80.6 cm³/mol. The van der Waals surface area contributed by atoms with Crippen molar-refractivity contribution in [2.24, 2.45) is 4.99 Å². The number of thiocarbonyl (C=S) groups is 1. The van der Waals surface area contributed by atoms with Gasteiger partial charge >= 0.3 is 0 Å². The van der Waals surface area contributed by atoms with E-state index in [2.05, 4.69) is 42.5 Å². The molecule has 1 aromatic carbocycles. The Morgan fingerprint density at radius 3 is 2.57 bits per heavy atom. The van der Waals surface area contributed by atoms with Gasteiger partial charge in [-0.2, -0.15) is 4.99 Å². The largest absolute Gasteiger partial charge is 0.411 e. The molecule has 0 aliphatic heterocycles. The van der Waals surface area contributed by atoms with E-state index in [0.29, 0.717) is 16.3 Å². The Kier molecular flexibility index (Phi) is 4.11. The molecule has 21 heavy (non-hydrogen) atoms. The molecule has 0 saturated heterocycles. The second-order valence-corrected chi connectivity index (χ2v) is 4.86. The molecule has 0 N–H and O–H groups in total. The van der Waals surface area contributed by atoms with Crippen LogP contribution in [0.3, 0.4) is 0 Å². The molecule has 2 heterocycles. The summed E-state index contributed by atoms with van der Waals surface area (Å²) in [6.45, 7) is 0. The molecule has 8 heteroatoms. The number of aromatic nitrogens is 4. The van der Waals surface area contributed by atoms with Crippen molar-refractivity contribution in [1.82, 2.24) is 20.2 Å². The summed E-state index contributed by atoms with van der Waals surface area (Å²) in [5.74, 6) is 0.423. The van der Waals surface area contributed by atoms with Crippen LogP contribution in [0.2, 0.25) is 0 Å². The molecule has 6 nitrogen and oxygen atoms in total. The van der Waals surface area contributed by atoms with Gasteiger partial charge in [0.25, 0.3) is 5.22 Å². The predicted octanol–water partition coefficient (Wildman–Crippen LogP) is 3.41. The minimum atomic E-state index is 0.386. The van der Waals surface area contributed by atoms with Crippen LogP contribution in [0.1, 0.15) is 0 Å². The van der Waals surface area contributed by atoms with Crippen molar-refractivity contribution in [3.8, 4) is 11.5 Å². The van der Waals surface area contributed by atoms with Crippen LogP contribution in [0.5, 0.6) is 0 Å². The quantitative estimate of drug-likeness (QED) is 0.415. The number of isothiocyanates is 1. The van der Waals surface area contributed by atoms with Gasteiger partial charge in [-0.25, -0.2) is 9.97 Å². The average molecular weight is 313 g/mol. The van der Waals surface area contributed by atoms with E-state index >= 15 is 0 Å². The SMILES string of the molecule is S=C=Nc1ccc(-c2nnc(Sc3ncccn3)o2)cc1. The van der Waals surface area contributed by atoms with Gasteiger partial charge < -0.3 is 4.42 Å². The lowest BCUT2D eigenvalue weighted by molar-refractivity contribution is 0.465. The van der Waals surface area contributed by atoms with Gasteiger partial charge in [0, 0.05) is 29.7 Å². The molecule has 0 radical (unpaired) electrons. The Morgan fingerprint density at radius 1 is 1.10 bits per heavy atom. The average Bonchev–Trinajstić information content (AvgIpc) is 2.98. The van der Waals surface area contributed by atoms with Crippen LogP contribution in [0.15, 0.2) is 62.5 Å². The molecular formula is C13H7N5OS2. The van der Waals surface area contributed by atoms with E-state index in [0.717, 1.165) is 11.3 Å². The van der Waals surface area contributed by atoms with Crippen molar-refractivity contribution < 1.29 is 4.42 Å². The van der Waals surface area contributed by atoms with E-state index in [4.69, 9.17) is 4.42 Å². The van der Waals surface area contributed by atoms with Gasteiger partial charge in [0.1, 0.15) is 0 Å². The lowest BCUT2D eigenvalue weighted by atomic mass is 10.2. The molecule has 0 atom stereocenters. The van der Waals surface area contributed by atoms with Crippen molar-refractivity contribution in [3.63, 3.8) is 0 Å². The zero-order chi connectivity index (χ0) is 14.5. The summed E-state index contributed by atoms with van der Waals surface area (Å²) in [7, 11) is 0. The number of hydrogen-bond acceptors (Lipinski definition) is 8. The third-order valence-corrected chi connectivity index (χ3v) is 3.24. The monoisotopic (exact) mass is 313 g/mol. The highest BCUT2D eigenvalue weighted by molar-refractivity contribution is 7.98. The van der Waals surface area contributed by atoms with E-state index in [9.17, 15) is 0 Å². The van der Waals surface area contributed by atoms with Crippen LogP contribution in [-0.4, -0.2) is 25.3 Å². The summed E-state index contributed by atoms with van der Waals surface area (Å²) >= 11 is 5.76. The minimum Gasteiger partial charge on any atom is -0.411 e. The molecule has 3 rings (SSSR count). The number of benzene rings is 1. The van der Waals surface area contributed by atoms with E-state index in [1.54, 1.807) is 30.6 Å². The van der Waals surface area contributed by atoms with Crippen molar-refractivity contribution in [1.29, 1.82) is 0 Å². The Bertz CT molecular complexity index is 782. The first-order chi connectivity index (χ1) is 10.3. The molecule has 0 fully saturated rings. The molecule has 0 bridgehead atoms. The van der Waals surface area contributed by atoms with E-state index in [-0.39, 0.29) is 0 Å². The Labute approximate surface area is 129 Å². The fraction of sp³-hybridized carbons (Fsp3) is 0. The summed E-state index contributed by atoms with van der Waals surface area (Å²) in [5.41, 5.74) is 1.52. The van der Waals surface area contributed by atoms with Crippen LogP contribution in [0.4, 0.5) is 5.69 Å². The van der Waals surface area contributed by atoms with Crippen LogP contribution in [-0.2, 0) is 0 Å². The lowest BCUT2D eigenvalue weighted by Crippen LogP contribution is -1.82. The highest BCUT2D eigenvalue weighted by Gasteiger charge is 2.11. The second-order valence-electron chi connectivity index (χ2n) is 3.76. The maximum Gasteiger partial charge on any atom is 0.284 e. The molecule has 3 aromatic rings. The molecule has 2 aromatic heterocycles. The topological polar surface area (TPSA) is 77.1 Å². The van der Waals surface area contributed by atoms with E-state index in [1.165, 1.54) is 11.8 Å². The minimum absolute atomic E-state index is 0.386. The van der Waals surface area contributed by atoms with Crippen LogP contribution in [0.25, 0.3) is 11.5 Å². The first-order valence-electron chi connectivity index (χ1n) is 5.82. The van der Waals surface area contributed by atoms with Gasteiger partial charge in [0.05, 0.1) is 10.8 Å². The van der Waals surface area contributed by atoms with Gasteiger partial charge in [-0.3, -0.25) is 0 Å². The van der Waals surface area contributed by atoms with E-state index in [1.807, 2.05) is 12.1 Å². The fourth-order valence-corrected chi connectivity index (χ4v) is 2.21. The van der Waals surface area contributed by atoms with E-state index < -0.39 is 0 Å². The lowest BCUT2D eigenvalue weighted by Gasteiger charge is -1.95. The second kappa shape index (κ2) is 6.36. The standard InChI is InChI=1S/C13H7N5OS2/c20-8-16-10-4-2-9(3-5-10)11-17-18-13(19-11)21-12-14-6-1-7-15-12/h1-7H. The Hall–Kier alpha value is -2.41. The first kappa shape index (κ1) is 13.6. The highest BCUT2D eigenvalue weighted by atomic mass is 32.2. The fourth-order valence-electron chi connectivity index (χ4n) is 1.52. The summed E-state index contributed by atoms with van der Waals surface area (Å²) in [4.78, 5) is 12.0. The molecule has 0 aliphatic carbocycles.